The molecule has 0 aliphatic rings. The summed E-state index contributed by atoms with van der Waals surface area (Å²) in [4.78, 5) is 16.4. The number of fused-ring (bicyclic) bond motifs is 1. The largest absolute Gasteiger partial charge is 0.496 e. The molecule has 0 bridgehead atoms. The zero-order valence-corrected chi connectivity index (χ0v) is 27.8. The van der Waals surface area contributed by atoms with Gasteiger partial charge in [0.1, 0.15) is 11.3 Å². The second-order valence-corrected chi connectivity index (χ2v) is 14.2. The summed E-state index contributed by atoms with van der Waals surface area (Å²) in [6, 6.07) is 28.7. The van der Waals surface area contributed by atoms with Crippen molar-refractivity contribution in [2.24, 2.45) is 0 Å². The Hall–Kier alpha value is -3.86. The number of hydrogen-bond donors (Lipinski definition) is 2. The molecule has 1 heterocycles. The molecular formula is C35H30Cl2N2O5S2. The third kappa shape index (κ3) is 8.69. The number of carbonyl (C=O) groups is 1. The first-order chi connectivity index (χ1) is 22.1. The van der Waals surface area contributed by atoms with Gasteiger partial charge in [0.2, 0.25) is 10.0 Å². The van der Waals surface area contributed by atoms with Crippen molar-refractivity contribution in [2.45, 2.75) is 22.3 Å². The van der Waals surface area contributed by atoms with Gasteiger partial charge in [0.05, 0.1) is 23.2 Å². The maximum atomic E-state index is 12.9. The molecule has 236 valence electrons. The van der Waals surface area contributed by atoms with Crippen molar-refractivity contribution < 1.29 is 23.1 Å². The second kappa shape index (κ2) is 15.2. The molecule has 0 aliphatic carbocycles. The maximum absolute atomic E-state index is 12.9. The number of nitrogens with zero attached hydrogens (tertiary/aromatic N) is 1. The summed E-state index contributed by atoms with van der Waals surface area (Å²) in [5, 5.41) is 11.5. The van der Waals surface area contributed by atoms with E-state index in [2.05, 4.69) is 10.8 Å². The predicted molar refractivity (Wildman–Crippen MR) is 187 cm³/mol. The molecule has 0 saturated heterocycles. The SMILES string of the molecule is COc1cc(CSC(CCNS(=O)(=O)c2ccc(Cl)cc2)c2cccc(/C=C/c3ccc4ccc(Cl)cc4n3)c2)ccc1C(=O)O. The third-order valence-electron chi connectivity index (χ3n) is 7.17. The fraction of sp³-hybridized carbons (Fsp3) is 0.143. The molecule has 0 fully saturated rings. The van der Waals surface area contributed by atoms with Crippen molar-refractivity contribution in [2.75, 3.05) is 13.7 Å². The van der Waals surface area contributed by atoms with Gasteiger partial charge in [0.25, 0.3) is 0 Å². The first kappa shape index (κ1) is 33.5. The van der Waals surface area contributed by atoms with Crippen LogP contribution in [0.25, 0.3) is 23.1 Å². The van der Waals surface area contributed by atoms with E-state index in [4.69, 9.17) is 32.9 Å². The predicted octanol–water partition coefficient (Wildman–Crippen LogP) is 8.76. The summed E-state index contributed by atoms with van der Waals surface area (Å²) in [5.74, 6) is -0.224. The lowest BCUT2D eigenvalue weighted by Gasteiger charge is -2.19. The lowest BCUT2D eigenvalue weighted by Crippen LogP contribution is -2.25. The van der Waals surface area contributed by atoms with E-state index in [0.717, 1.165) is 33.3 Å². The van der Waals surface area contributed by atoms with Crippen LogP contribution in [0.15, 0.2) is 102 Å². The topological polar surface area (TPSA) is 106 Å². The van der Waals surface area contributed by atoms with Gasteiger partial charge < -0.3 is 9.84 Å². The smallest absolute Gasteiger partial charge is 0.339 e. The van der Waals surface area contributed by atoms with Gasteiger partial charge in [-0.25, -0.2) is 22.9 Å². The molecule has 1 aromatic heterocycles. The van der Waals surface area contributed by atoms with Crippen molar-refractivity contribution in [1.29, 1.82) is 0 Å². The minimum atomic E-state index is -3.73. The van der Waals surface area contributed by atoms with E-state index < -0.39 is 16.0 Å². The zero-order valence-electron chi connectivity index (χ0n) is 24.7. The maximum Gasteiger partial charge on any atom is 0.339 e. The Labute approximate surface area is 282 Å². The third-order valence-corrected chi connectivity index (χ3v) is 10.5. The van der Waals surface area contributed by atoms with Crippen LogP contribution in [-0.2, 0) is 15.8 Å². The highest BCUT2D eigenvalue weighted by atomic mass is 35.5. The summed E-state index contributed by atoms with van der Waals surface area (Å²) >= 11 is 13.7. The zero-order chi connectivity index (χ0) is 32.7. The molecule has 5 aromatic rings. The van der Waals surface area contributed by atoms with Gasteiger partial charge in [0.15, 0.2) is 0 Å². The number of benzene rings is 4. The highest BCUT2D eigenvalue weighted by Gasteiger charge is 2.18. The highest BCUT2D eigenvalue weighted by Crippen LogP contribution is 2.36. The molecule has 46 heavy (non-hydrogen) atoms. The van der Waals surface area contributed by atoms with Crippen molar-refractivity contribution in [3.8, 4) is 5.75 Å². The Morgan fingerprint density at radius 2 is 1.72 bits per heavy atom. The number of nitrogens with one attached hydrogen (secondary N) is 1. The van der Waals surface area contributed by atoms with Crippen LogP contribution < -0.4 is 9.46 Å². The number of carboxylic acid groups (broad SMARTS) is 1. The number of aromatic carboxylic acids is 1. The summed E-state index contributed by atoms with van der Waals surface area (Å²) in [5.41, 5.74) is 4.57. The van der Waals surface area contributed by atoms with Crippen LogP contribution in [0.4, 0.5) is 0 Å². The van der Waals surface area contributed by atoms with E-state index in [1.165, 1.54) is 25.3 Å². The molecule has 0 aliphatic heterocycles. The quantitative estimate of drug-likeness (QED) is 0.127. The van der Waals surface area contributed by atoms with Crippen LogP contribution in [0.3, 0.4) is 0 Å². The van der Waals surface area contributed by atoms with E-state index in [9.17, 15) is 18.3 Å². The fourth-order valence-electron chi connectivity index (χ4n) is 4.81. The highest BCUT2D eigenvalue weighted by molar-refractivity contribution is 7.98. The van der Waals surface area contributed by atoms with Crippen LogP contribution in [0.5, 0.6) is 5.75 Å². The number of thioether (sulfide) groups is 1. The lowest BCUT2D eigenvalue weighted by atomic mass is 10.1. The fourth-order valence-corrected chi connectivity index (χ4v) is 7.35. The number of halogens is 2. The monoisotopic (exact) mass is 692 g/mol. The Bertz CT molecular complexity index is 2000. The van der Waals surface area contributed by atoms with Crippen LogP contribution in [0, 0.1) is 0 Å². The summed E-state index contributed by atoms with van der Waals surface area (Å²) in [6.45, 7) is 0.202. The molecule has 11 heteroatoms. The molecule has 0 radical (unpaired) electrons. The van der Waals surface area contributed by atoms with Crippen LogP contribution in [0.1, 0.15) is 44.4 Å². The first-order valence-electron chi connectivity index (χ1n) is 14.2. The first-order valence-corrected chi connectivity index (χ1v) is 17.5. The number of sulfonamides is 1. The van der Waals surface area contributed by atoms with Crippen molar-refractivity contribution >= 4 is 74.0 Å². The summed E-state index contributed by atoms with van der Waals surface area (Å²) < 4.78 is 33.9. The molecule has 1 atom stereocenters. The van der Waals surface area contributed by atoms with Crippen LogP contribution >= 0.6 is 35.0 Å². The van der Waals surface area contributed by atoms with Gasteiger partial charge in [-0.05, 0) is 83.8 Å². The number of aromatic nitrogens is 1. The van der Waals surface area contributed by atoms with Gasteiger partial charge in [0, 0.05) is 33.0 Å². The van der Waals surface area contributed by atoms with Gasteiger partial charge in [-0.3, -0.25) is 0 Å². The standard InChI is InChI=1S/C35H30Cl2N2O5S2/c1-44-33-20-24(6-16-31(33)35(40)41)22-45-34(17-18-38-46(42,43)30-14-10-27(36)11-15-30)26-4-2-3-23(19-26)5-12-29-13-8-25-7-9-28(37)21-32(25)39-29/h2-16,19-21,34,38H,17-18,22H2,1H3,(H,40,41)/b12-5+. The van der Waals surface area contributed by atoms with E-state index >= 15 is 0 Å². The summed E-state index contributed by atoms with van der Waals surface area (Å²) in [7, 11) is -2.29. The van der Waals surface area contributed by atoms with Gasteiger partial charge in [-0.1, -0.05) is 71.7 Å². The molecule has 0 saturated carbocycles. The molecule has 1 unspecified atom stereocenters. The minimum absolute atomic E-state index is 0.0904. The number of carboxylic acids is 1. The molecular weight excluding hydrogens is 663 g/mol. The Kier molecular flexibility index (Phi) is 11.0. The second-order valence-electron chi connectivity index (χ2n) is 10.4. The normalized spacial score (nSPS) is 12.4. The average Bonchev–Trinajstić information content (AvgIpc) is 3.05. The Morgan fingerprint density at radius 3 is 2.48 bits per heavy atom. The molecule has 5 rings (SSSR count). The van der Waals surface area contributed by atoms with Crippen molar-refractivity contribution in [3.05, 3.63) is 135 Å². The average molecular weight is 694 g/mol. The number of methoxy groups -OCH3 is 1. The van der Waals surface area contributed by atoms with Gasteiger partial charge in [-0.15, -0.1) is 11.8 Å². The van der Waals surface area contributed by atoms with E-state index in [1.807, 2.05) is 60.7 Å². The molecule has 4 aromatic carbocycles. The lowest BCUT2D eigenvalue weighted by molar-refractivity contribution is 0.0693. The van der Waals surface area contributed by atoms with E-state index in [1.54, 1.807) is 36.0 Å². The molecule has 2 N–H and O–H groups in total. The number of ether oxygens (including phenoxy) is 1. The number of hydrogen-bond acceptors (Lipinski definition) is 6. The molecule has 0 amide bonds. The summed E-state index contributed by atoms with van der Waals surface area (Å²) in [6.07, 6.45) is 4.43. The molecule has 7 nitrogen and oxygen atoms in total. The Balaban J connectivity index is 1.36. The van der Waals surface area contributed by atoms with Gasteiger partial charge >= 0.3 is 5.97 Å². The Morgan fingerprint density at radius 1 is 0.957 bits per heavy atom. The van der Waals surface area contributed by atoms with Crippen molar-refractivity contribution in [1.82, 2.24) is 9.71 Å². The molecule has 0 spiro atoms. The van der Waals surface area contributed by atoms with Crippen molar-refractivity contribution in [3.63, 3.8) is 0 Å². The van der Waals surface area contributed by atoms with Crippen LogP contribution in [0.2, 0.25) is 10.0 Å². The van der Waals surface area contributed by atoms with Crippen LogP contribution in [-0.4, -0.2) is 38.1 Å². The minimum Gasteiger partial charge on any atom is -0.496 e. The van der Waals surface area contributed by atoms with Gasteiger partial charge in [-0.2, -0.15) is 0 Å². The van der Waals surface area contributed by atoms with E-state index in [-0.39, 0.29) is 28.0 Å². The number of rotatable bonds is 13. The number of pyridine rings is 1. The van der Waals surface area contributed by atoms with E-state index in [0.29, 0.717) is 22.2 Å².